The zero-order chi connectivity index (χ0) is 14.8. The molecule has 2 N–H and O–H groups in total. The van der Waals surface area contributed by atoms with E-state index in [1.807, 2.05) is 0 Å². The van der Waals surface area contributed by atoms with Crippen LogP contribution in [-0.2, 0) is 5.41 Å². The lowest BCUT2D eigenvalue weighted by atomic mass is 9.57. The van der Waals surface area contributed by atoms with Crippen LogP contribution in [0.15, 0.2) is 24.3 Å². The van der Waals surface area contributed by atoms with E-state index in [2.05, 4.69) is 57.1 Å². The Morgan fingerprint density at radius 3 is 2.09 bits per heavy atom. The average Bonchev–Trinajstić information content (AvgIpc) is 2.47. The van der Waals surface area contributed by atoms with E-state index in [-0.39, 0.29) is 28.8 Å². The first-order chi connectivity index (χ1) is 9.50. The third-order valence-corrected chi connectivity index (χ3v) is 5.71. The molecule has 3 nitrogen and oxygen atoms in total. The van der Waals surface area contributed by atoms with Gasteiger partial charge in [-0.2, -0.15) is 0 Å². The highest BCUT2D eigenvalue weighted by Crippen LogP contribution is 2.50. The Kier molecular flexibility index (Phi) is 7.90. The van der Waals surface area contributed by atoms with Crippen LogP contribution in [0.2, 0.25) is 0 Å². The number of hydrogen-bond acceptors (Lipinski definition) is 2. The molecule has 2 rings (SSSR count). The third-order valence-electron chi connectivity index (χ3n) is 5.71. The van der Waals surface area contributed by atoms with Gasteiger partial charge in [0.2, 0.25) is 0 Å². The van der Waals surface area contributed by atoms with E-state index in [9.17, 15) is 0 Å². The summed E-state index contributed by atoms with van der Waals surface area (Å²) in [7, 11) is 6.22. The molecule has 1 aromatic carbocycles. The first kappa shape index (κ1) is 21.2. The van der Waals surface area contributed by atoms with Crippen molar-refractivity contribution in [3.05, 3.63) is 29.8 Å². The number of halogens is 1. The molecule has 2 atom stereocenters. The van der Waals surface area contributed by atoms with Crippen molar-refractivity contribution >= 4 is 12.4 Å². The van der Waals surface area contributed by atoms with Gasteiger partial charge in [-0.15, -0.1) is 12.4 Å². The lowest BCUT2D eigenvalue weighted by Gasteiger charge is -2.56. The minimum absolute atomic E-state index is 0. The van der Waals surface area contributed by atoms with Crippen molar-refractivity contribution in [2.24, 2.45) is 0 Å². The fraction of sp³-hybridized carbons (Fsp3) is 0.667. The molecule has 1 aliphatic rings. The highest BCUT2D eigenvalue weighted by Gasteiger charge is 2.50. The zero-order valence-corrected chi connectivity index (χ0v) is 15.4. The molecule has 128 valence electrons. The molecule has 0 heterocycles. The molecule has 0 aliphatic heterocycles. The van der Waals surface area contributed by atoms with Crippen molar-refractivity contribution in [1.82, 2.24) is 4.90 Å². The Labute approximate surface area is 141 Å². The molecular weight excluding hydrogens is 298 g/mol. The summed E-state index contributed by atoms with van der Waals surface area (Å²) in [5, 5.41) is 0. The van der Waals surface area contributed by atoms with Gasteiger partial charge in [0.15, 0.2) is 0 Å². The lowest BCUT2D eigenvalue weighted by molar-refractivity contribution is 0.0148. The van der Waals surface area contributed by atoms with Gasteiger partial charge < -0.3 is 15.1 Å². The van der Waals surface area contributed by atoms with E-state index in [4.69, 9.17) is 4.74 Å². The van der Waals surface area contributed by atoms with Crippen molar-refractivity contribution in [2.45, 2.75) is 56.9 Å². The van der Waals surface area contributed by atoms with Crippen molar-refractivity contribution < 1.29 is 10.2 Å². The van der Waals surface area contributed by atoms with Crippen LogP contribution in [0.3, 0.4) is 0 Å². The maximum Gasteiger partial charge on any atom is 0.118 e. The Hall–Kier alpha value is -0.770. The molecular formula is C18H32ClNO2. The molecule has 0 aromatic heterocycles. The highest BCUT2D eigenvalue weighted by molar-refractivity contribution is 5.85. The molecule has 1 fully saturated rings. The van der Waals surface area contributed by atoms with Crippen LogP contribution in [0.1, 0.15) is 51.5 Å². The monoisotopic (exact) mass is 329 g/mol. The molecule has 1 saturated carbocycles. The second-order valence-corrected chi connectivity index (χ2v) is 6.55. The maximum atomic E-state index is 5.30. The van der Waals surface area contributed by atoms with Gasteiger partial charge in [-0.05, 0) is 51.1 Å². The van der Waals surface area contributed by atoms with Gasteiger partial charge in [-0.3, -0.25) is 0 Å². The summed E-state index contributed by atoms with van der Waals surface area (Å²) in [4.78, 5) is 2.47. The standard InChI is InChI=1S/C18H29NO.ClH.H2O/c1-6-18(19(3)4)14-8-7-13-17(18,2)15-9-11-16(20-5)12-10-15;;/h9-12H,6-8,13-14H2,1-5H3;1H;1H2. The van der Waals surface area contributed by atoms with Crippen LogP contribution in [0.4, 0.5) is 0 Å². The molecule has 0 amide bonds. The van der Waals surface area contributed by atoms with Crippen molar-refractivity contribution in [2.75, 3.05) is 21.2 Å². The van der Waals surface area contributed by atoms with Crippen molar-refractivity contribution in [3.63, 3.8) is 0 Å². The maximum absolute atomic E-state index is 5.30. The molecule has 22 heavy (non-hydrogen) atoms. The number of methoxy groups -OCH3 is 1. The van der Waals surface area contributed by atoms with E-state index in [0.717, 1.165) is 5.75 Å². The minimum atomic E-state index is 0. The summed E-state index contributed by atoms with van der Waals surface area (Å²) in [6, 6.07) is 8.73. The fourth-order valence-electron chi connectivity index (χ4n) is 4.38. The normalized spacial score (nSPS) is 27.7. The molecule has 4 heteroatoms. The number of ether oxygens (including phenoxy) is 1. The van der Waals surface area contributed by atoms with Crippen molar-refractivity contribution in [1.29, 1.82) is 0 Å². The van der Waals surface area contributed by atoms with Gasteiger partial charge in [-0.1, -0.05) is 38.8 Å². The largest absolute Gasteiger partial charge is 0.497 e. The summed E-state index contributed by atoms with van der Waals surface area (Å²) in [6.07, 6.45) is 6.43. The van der Waals surface area contributed by atoms with Gasteiger partial charge in [0.05, 0.1) is 7.11 Å². The van der Waals surface area contributed by atoms with Gasteiger partial charge in [0.1, 0.15) is 5.75 Å². The molecule has 0 spiro atoms. The summed E-state index contributed by atoms with van der Waals surface area (Å²) < 4.78 is 5.30. The predicted molar refractivity (Wildman–Crippen MR) is 96.4 cm³/mol. The third kappa shape index (κ3) is 3.27. The number of rotatable bonds is 4. The zero-order valence-electron chi connectivity index (χ0n) is 14.6. The lowest BCUT2D eigenvalue weighted by Crippen LogP contribution is -2.60. The predicted octanol–water partition coefficient (Wildman–Crippen LogP) is 3.83. The highest BCUT2D eigenvalue weighted by atomic mass is 35.5. The SMILES string of the molecule is CCC1(N(C)C)CCCCC1(C)c1ccc(OC)cc1.Cl.O. The quantitative estimate of drug-likeness (QED) is 0.842. The second-order valence-electron chi connectivity index (χ2n) is 6.55. The van der Waals surface area contributed by atoms with Gasteiger partial charge in [0, 0.05) is 11.0 Å². The van der Waals surface area contributed by atoms with Crippen LogP contribution in [0.25, 0.3) is 0 Å². The van der Waals surface area contributed by atoms with E-state index in [0.29, 0.717) is 0 Å². The summed E-state index contributed by atoms with van der Waals surface area (Å²) in [6.45, 7) is 4.80. The molecule has 1 aromatic rings. The topological polar surface area (TPSA) is 44.0 Å². The first-order valence-electron chi connectivity index (χ1n) is 7.82. The number of benzene rings is 1. The van der Waals surface area contributed by atoms with Gasteiger partial charge >= 0.3 is 0 Å². The number of likely N-dealkylation sites (N-methyl/N-ethyl adjacent to an activating group) is 1. The van der Waals surface area contributed by atoms with Crippen LogP contribution < -0.4 is 4.74 Å². The van der Waals surface area contributed by atoms with Crippen LogP contribution in [0.5, 0.6) is 5.75 Å². The molecule has 1 aliphatic carbocycles. The van der Waals surface area contributed by atoms with Crippen LogP contribution in [0, 0.1) is 0 Å². The summed E-state index contributed by atoms with van der Waals surface area (Å²) in [5.41, 5.74) is 1.93. The van der Waals surface area contributed by atoms with E-state index in [1.54, 1.807) is 7.11 Å². The minimum Gasteiger partial charge on any atom is -0.497 e. The summed E-state index contributed by atoms with van der Waals surface area (Å²) >= 11 is 0. The molecule has 2 unspecified atom stereocenters. The Balaban J connectivity index is 0.00000220. The Morgan fingerprint density at radius 2 is 1.64 bits per heavy atom. The van der Waals surface area contributed by atoms with Gasteiger partial charge in [-0.25, -0.2) is 0 Å². The van der Waals surface area contributed by atoms with Gasteiger partial charge in [0.25, 0.3) is 0 Å². The van der Waals surface area contributed by atoms with E-state index >= 15 is 0 Å². The van der Waals surface area contributed by atoms with E-state index in [1.165, 1.54) is 37.7 Å². The second kappa shape index (κ2) is 8.19. The first-order valence-corrected chi connectivity index (χ1v) is 7.82. The van der Waals surface area contributed by atoms with Crippen molar-refractivity contribution in [3.8, 4) is 5.75 Å². The molecule has 0 bridgehead atoms. The summed E-state index contributed by atoms with van der Waals surface area (Å²) in [5.74, 6) is 0.945. The van der Waals surface area contributed by atoms with E-state index < -0.39 is 0 Å². The Bertz CT molecular complexity index is 449. The average molecular weight is 330 g/mol. The van der Waals surface area contributed by atoms with Crippen LogP contribution >= 0.6 is 12.4 Å². The Morgan fingerprint density at radius 1 is 1.09 bits per heavy atom. The smallest absolute Gasteiger partial charge is 0.118 e. The molecule has 0 radical (unpaired) electrons. The fourth-order valence-corrected chi connectivity index (χ4v) is 4.38. The van der Waals surface area contributed by atoms with Crippen LogP contribution in [-0.4, -0.2) is 37.1 Å². The molecule has 0 saturated heterocycles. The number of hydrogen-bond donors (Lipinski definition) is 0. The number of nitrogens with zero attached hydrogens (tertiary/aromatic N) is 1.